The fraction of sp³-hybridized carbons (Fsp3) is 1.00. The van der Waals surface area contributed by atoms with Crippen molar-refractivity contribution in [2.75, 3.05) is 6.54 Å². The quantitative estimate of drug-likeness (QED) is 0.636. The van der Waals surface area contributed by atoms with Gasteiger partial charge in [0.05, 0.1) is 0 Å². The fourth-order valence-corrected chi connectivity index (χ4v) is 2.49. The smallest absolute Gasteiger partial charge is 0.00696 e. The molecule has 12 heavy (non-hydrogen) atoms. The monoisotopic (exact) mass is 169 g/mol. The molecule has 0 radical (unpaired) electrons. The van der Waals surface area contributed by atoms with Crippen molar-refractivity contribution in [3.8, 4) is 0 Å². The highest BCUT2D eigenvalue weighted by Gasteiger charge is 2.27. The summed E-state index contributed by atoms with van der Waals surface area (Å²) in [6.45, 7) is 10.6. The molecule has 0 aromatic rings. The molecule has 1 rings (SSSR count). The first-order valence-electron chi connectivity index (χ1n) is 5.27. The Labute approximate surface area is 76.9 Å². The van der Waals surface area contributed by atoms with Crippen molar-refractivity contribution < 1.29 is 0 Å². The van der Waals surface area contributed by atoms with Crippen LogP contribution in [0.3, 0.4) is 0 Å². The minimum Gasteiger partial charge on any atom is -0.314 e. The Morgan fingerprint density at radius 3 is 2.58 bits per heavy atom. The van der Waals surface area contributed by atoms with Crippen LogP contribution < -0.4 is 5.32 Å². The lowest BCUT2D eigenvalue weighted by Gasteiger charge is -2.26. The van der Waals surface area contributed by atoms with Crippen LogP contribution in [0.4, 0.5) is 0 Å². The zero-order valence-corrected chi connectivity index (χ0v) is 8.98. The third-order valence-corrected chi connectivity index (χ3v) is 2.95. The SMILES string of the molecule is CCC1CC(C)(C)CC(C)CN1. The van der Waals surface area contributed by atoms with E-state index in [9.17, 15) is 0 Å². The van der Waals surface area contributed by atoms with Crippen LogP contribution in [0.25, 0.3) is 0 Å². The first-order valence-corrected chi connectivity index (χ1v) is 5.27. The molecule has 1 aliphatic rings. The highest BCUT2D eigenvalue weighted by molar-refractivity contribution is 4.83. The average molecular weight is 169 g/mol. The molecule has 0 amide bonds. The summed E-state index contributed by atoms with van der Waals surface area (Å²) >= 11 is 0. The van der Waals surface area contributed by atoms with Gasteiger partial charge >= 0.3 is 0 Å². The molecular formula is C11H23N. The van der Waals surface area contributed by atoms with Gasteiger partial charge in [0, 0.05) is 6.04 Å². The van der Waals surface area contributed by atoms with Gasteiger partial charge in [0.1, 0.15) is 0 Å². The van der Waals surface area contributed by atoms with E-state index in [2.05, 4.69) is 33.0 Å². The Morgan fingerprint density at radius 2 is 2.00 bits per heavy atom. The maximum absolute atomic E-state index is 3.64. The summed E-state index contributed by atoms with van der Waals surface area (Å²) in [4.78, 5) is 0. The molecule has 0 saturated carbocycles. The van der Waals surface area contributed by atoms with Crippen molar-refractivity contribution in [3.05, 3.63) is 0 Å². The van der Waals surface area contributed by atoms with E-state index < -0.39 is 0 Å². The van der Waals surface area contributed by atoms with Gasteiger partial charge in [-0.05, 0) is 37.1 Å². The molecule has 1 nitrogen and oxygen atoms in total. The van der Waals surface area contributed by atoms with Crippen LogP contribution >= 0.6 is 0 Å². The third kappa shape index (κ3) is 2.78. The molecule has 0 aromatic heterocycles. The summed E-state index contributed by atoms with van der Waals surface area (Å²) in [5.41, 5.74) is 0.545. The Morgan fingerprint density at radius 1 is 1.33 bits per heavy atom. The number of hydrogen-bond acceptors (Lipinski definition) is 1. The van der Waals surface area contributed by atoms with Gasteiger partial charge in [0.15, 0.2) is 0 Å². The molecule has 1 aliphatic heterocycles. The maximum atomic E-state index is 3.64. The molecule has 0 aliphatic carbocycles. The normalized spacial score (nSPS) is 36.0. The number of hydrogen-bond donors (Lipinski definition) is 1. The van der Waals surface area contributed by atoms with Crippen molar-refractivity contribution in [3.63, 3.8) is 0 Å². The van der Waals surface area contributed by atoms with Crippen LogP contribution in [0.1, 0.15) is 47.0 Å². The van der Waals surface area contributed by atoms with E-state index in [0.717, 1.165) is 12.0 Å². The second-order valence-electron chi connectivity index (χ2n) is 5.19. The van der Waals surface area contributed by atoms with Gasteiger partial charge in [-0.25, -0.2) is 0 Å². The van der Waals surface area contributed by atoms with Crippen LogP contribution in [0.2, 0.25) is 0 Å². The molecule has 1 saturated heterocycles. The van der Waals surface area contributed by atoms with Crippen molar-refractivity contribution >= 4 is 0 Å². The van der Waals surface area contributed by atoms with Gasteiger partial charge in [0.25, 0.3) is 0 Å². The molecule has 1 heterocycles. The summed E-state index contributed by atoms with van der Waals surface area (Å²) in [7, 11) is 0. The Kier molecular flexibility index (Phi) is 3.16. The molecular weight excluding hydrogens is 146 g/mol. The molecule has 1 N–H and O–H groups in total. The van der Waals surface area contributed by atoms with E-state index in [0.29, 0.717) is 5.41 Å². The van der Waals surface area contributed by atoms with Gasteiger partial charge in [0.2, 0.25) is 0 Å². The second kappa shape index (κ2) is 3.78. The molecule has 0 bridgehead atoms. The molecule has 72 valence electrons. The predicted octanol–water partition coefficient (Wildman–Crippen LogP) is 2.81. The number of rotatable bonds is 1. The Bertz CT molecular complexity index is 140. The van der Waals surface area contributed by atoms with Crippen LogP contribution in [0.15, 0.2) is 0 Å². The van der Waals surface area contributed by atoms with Crippen LogP contribution in [0.5, 0.6) is 0 Å². The van der Waals surface area contributed by atoms with Gasteiger partial charge in [-0.15, -0.1) is 0 Å². The molecule has 2 unspecified atom stereocenters. The highest BCUT2D eigenvalue weighted by Crippen LogP contribution is 2.33. The van der Waals surface area contributed by atoms with E-state index >= 15 is 0 Å². The van der Waals surface area contributed by atoms with Crippen LogP contribution in [-0.4, -0.2) is 12.6 Å². The minimum atomic E-state index is 0.545. The zero-order chi connectivity index (χ0) is 9.19. The Balaban J connectivity index is 2.56. The second-order valence-corrected chi connectivity index (χ2v) is 5.19. The molecule has 0 aromatic carbocycles. The first-order chi connectivity index (χ1) is 5.53. The van der Waals surface area contributed by atoms with Crippen molar-refractivity contribution in [2.45, 2.75) is 53.0 Å². The predicted molar refractivity (Wildman–Crippen MR) is 54.3 cm³/mol. The first kappa shape index (κ1) is 10.0. The van der Waals surface area contributed by atoms with Crippen molar-refractivity contribution in [1.82, 2.24) is 5.32 Å². The maximum Gasteiger partial charge on any atom is 0.00696 e. The summed E-state index contributed by atoms with van der Waals surface area (Å²) in [6, 6.07) is 0.755. The van der Waals surface area contributed by atoms with Gasteiger partial charge in [-0.2, -0.15) is 0 Å². The minimum absolute atomic E-state index is 0.545. The topological polar surface area (TPSA) is 12.0 Å². The van der Waals surface area contributed by atoms with Gasteiger partial charge < -0.3 is 5.32 Å². The molecule has 1 fully saturated rings. The van der Waals surface area contributed by atoms with Gasteiger partial charge in [-0.3, -0.25) is 0 Å². The molecule has 2 atom stereocenters. The van der Waals surface area contributed by atoms with E-state index in [1.54, 1.807) is 0 Å². The standard InChI is InChI=1S/C11H23N/c1-5-10-7-11(3,4)6-9(2)8-12-10/h9-10,12H,5-8H2,1-4H3. The lowest BCUT2D eigenvalue weighted by molar-refractivity contribution is 0.266. The van der Waals surface area contributed by atoms with Crippen LogP contribution in [0, 0.1) is 11.3 Å². The Hall–Kier alpha value is -0.0400. The third-order valence-electron chi connectivity index (χ3n) is 2.95. The lowest BCUT2D eigenvalue weighted by Crippen LogP contribution is -2.30. The highest BCUT2D eigenvalue weighted by atomic mass is 14.9. The van der Waals surface area contributed by atoms with Crippen molar-refractivity contribution in [2.24, 2.45) is 11.3 Å². The summed E-state index contributed by atoms with van der Waals surface area (Å²) in [6.07, 6.45) is 3.99. The number of nitrogens with one attached hydrogen (secondary N) is 1. The molecule has 0 spiro atoms. The molecule has 1 heteroatoms. The summed E-state index contributed by atoms with van der Waals surface area (Å²) in [5, 5.41) is 3.64. The summed E-state index contributed by atoms with van der Waals surface area (Å²) in [5.74, 6) is 0.844. The van der Waals surface area contributed by atoms with E-state index in [1.807, 2.05) is 0 Å². The van der Waals surface area contributed by atoms with E-state index in [1.165, 1.54) is 25.8 Å². The van der Waals surface area contributed by atoms with Crippen molar-refractivity contribution in [1.29, 1.82) is 0 Å². The fourth-order valence-electron chi connectivity index (χ4n) is 2.49. The lowest BCUT2D eigenvalue weighted by atomic mass is 9.80. The van der Waals surface area contributed by atoms with Crippen LogP contribution in [-0.2, 0) is 0 Å². The van der Waals surface area contributed by atoms with E-state index in [4.69, 9.17) is 0 Å². The largest absolute Gasteiger partial charge is 0.314 e. The summed E-state index contributed by atoms with van der Waals surface area (Å²) < 4.78 is 0. The van der Waals surface area contributed by atoms with Gasteiger partial charge in [-0.1, -0.05) is 27.7 Å². The average Bonchev–Trinajstić information content (AvgIpc) is 2.07. The van der Waals surface area contributed by atoms with E-state index in [-0.39, 0.29) is 0 Å². The zero-order valence-electron chi connectivity index (χ0n) is 8.98.